The zero-order valence-electron chi connectivity index (χ0n) is 11.6. The van der Waals surface area contributed by atoms with Crippen molar-refractivity contribution < 1.29 is 0 Å². The van der Waals surface area contributed by atoms with Crippen LogP contribution in [0.5, 0.6) is 0 Å². The first-order valence-corrected chi connectivity index (χ1v) is 9.90. The summed E-state index contributed by atoms with van der Waals surface area (Å²) in [5.41, 5.74) is 0. The van der Waals surface area contributed by atoms with Gasteiger partial charge in [0, 0.05) is 9.77 Å². The first-order chi connectivity index (χ1) is 9.42. The molecule has 2 heterocycles. The van der Waals surface area contributed by atoms with E-state index in [1.165, 1.54) is 58.9 Å². The fourth-order valence-electron chi connectivity index (χ4n) is 2.06. The molecule has 0 spiro atoms. The van der Waals surface area contributed by atoms with E-state index >= 15 is 0 Å². The number of hydrogen-bond donors (Lipinski definition) is 0. The highest BCUT2D eigenvalue weighted by atomic mass is 32.2. The Morgan fingerprint density at radius 2 is 1.79 bits per heavy atom. The Balaban J connectivity index is 1.71. The Morgan fingerprint density at radius 1 is 0.947 bits per heavy atom. The molecule has 0 radical (unpaired) electrons. The predicted molar refractivity (Wildman–Crippen MR) is 91.7 cm³/mol. The van der Waals surface area contributed by atoms with Crippen LogP contribution in [0.4, 0.5) is 0 Å². The molecule has 0 nitrogen and oxygen atoms in total. The molecule has 2 aromatic rings. The minimum absolute atomic E-state index is 1.27. The molecular weight excluding hydrogens is 288 g/mol. The summed E-state index contributed by atoms with van der Waals surface area (Å²) in [6.45, 7) is 2.28. The Hall–Kier alpha value is -0.250. The van der Waals surface area contributed by atoms with Crippen LogP contribution in [0.1, 0.15) is 45.4 Å². The maximum absolute atomic E-state index is 2.28. The molecule has 0 unspecified atom stereocenters. The van der Waals surface area contributed by atoms with E-state index in [2.05, 4.69) is 35.9 Å². The Kier molecular flexibility index (Phi) is 7.04. The van der Waals surface area contributed by atoms with Gasteiger partial charge >= 0.3 is 0 Å². The lowest BCUT2D eigenvalue weighted by atomic mass is 10.1. The molecule has 104 valence electrons. The van der Waals surface area contributed by atoms with Crippen LogP contribution < -0.4 is 0 Å². The lowest BCUT2D eigenvalue weighted by molar-refractivity contribution is 0.627. The summed E-state index contributed by atoms with van der Waals surface area (Å²) < 4.78 is 0. The zero-order valence-corrected chi connectivity index (χ0v) is 14.0. The second-order valence-corrected chi connectivity index (χ2v) is 7.71. The summed E-state index contributed by atoms with van der Waals surface area (Å²) in [5, 5.41) is 4.38. The fourth-order valence-corrected chi connectivity index (χ4v) is 5.18. The standard InChI is InChI=1S/C16H22S3/c1-2-3-4-5-6-7-11-17-15-10-13-19-16(15)14-9-8-12-18-14/h8-10,12-13H,2-7,11H2,1H3. The molecule has 0 aromatic carbocycles. The van der Waals surface area contributed by atoms with Gasteiger partial charge in [0.05, 0.1) is 4.88 Å². The number of unbranched alkanes of at least 4 members (excludes halogenated alkanes) is 5. The number of thioether (sulfide) groups is 1. The van der Waals surface area contributed by atoms with Gasteiger partial charge in [-0.25, -0.2) is 0 Å². The summed E-state index contributed by atoms with van der Waals surface area (Å²) >= 11 is 5.75. The van der Waals surface area contributed by atoms with E-state index < -0.39 is 0 Å². The van der Waals surface area contributed by atoms with Crippen LogP contribution in [0.2, 0.25) is 0 Å². The molecule has 0 amide bonds. The van der Waals surface area contributed by atoms with Gasteiger partial charge < -0.3 is 0 Å². The summed E-state index contributed by atoms with van der Waals surface area (Å²) in [6.07, 6.45) is 8.32. The van der Waals surface area contributed by atoms with Gasteiger partial charge in [0.15, 0.2) is 0 Å². The minimum Gasteiger partial charge on any atom is -0.143 e. The molecule has 0 aliphatic carbocycles. The lowest BCUT2D eigenvalue weighted by Gasteiger charge is -2.03. The van der Waals surface area contributed by atoms with Crippen molar-refractivity contribution >= 4 is 34.4 Å². The maximum atomic E-state index is 2.28. The van der Waals surface area contributed by atoms with Crippen LogP contribution in [0.3, 0.4) is 0 Å². The molecule has 3 heteroatoms. The van der Waals surface area contributed by atoms with Crippen molar-refractivity contribution in [3.63, 3.8) is 0 Å². The lowest BCUT2D eigenvalue weighted by Crippen LogP contribution is -1.82. The maximum Gasteiger partial charge on any atom is 0.0578 e. The van der Waals surface area contributed by atoms with E-state index in [-0.39, 0.29) is 0 Å². The van der Waals surface area contributed by atoms with E-state index in [9.17, 15) is 0 Å². The topological polar surface area (TPSA) is 0 Å². The first-order valence-electron chi connectivity index (χ1n) is 7.16. The summed E-state index contributed by atoms with van der Waals surface area (Å²) in [5.74, 6) is 1.27. The molecule has 0 aliphatic rings. The SMILES string of the molecule is CCCCCCCCSc1ccsc1-c1cccs1. The molecular formula is C16H22S3. The molecule has 0 bridgehead atoms. The van der Waals surface area contributed by atoms with Gasteiger partial charge in [0.1, 0.15) is 0 Å². The average Bonchev–Trinajstić information content (AvgIpc) is 3.08. The molecule has 0 fully saturated rings. The first kappa shape index (κ1) is 15.1. The third-order valence-corrected chi connectivity index (χ3v) is 6.37. The van der Waals surface area contributed by atoms with E-state index in [0.29, 0.717) is 0 Å². The third kappa shape index (κ3) is 4.97. The summed E-state index contributed by atoms with van der Waals surface area (Å²) in [4.78, 5) is 4.35. The highest BCUT2D eigenvalue weighted by Gasteiger charge is 2.07. The van der Waals surface area contributed by atoms with Crippen LogP contribution in [0.15, 0.2) is 33.9 Å². The van der Waals surface area contributed by atoms with Gasteiger partial charge in [0.25, 0.3) is 0 Å². The predicted octanol–water partition coefficient (Wildman–Crippen LogP) is 6.93. The van der Waals surface area contributed by atoms with E-state index in [4.69, 9.17) is 0 Å². The van der Waals surface area contributed by atoms with Crippen LogP contribution >= 0.6 is 34.4 Å². The summed E-state index contributed by atoms with van der Waals surface area (Å²) in [7, 11) is 0. The number of thiophene rings is 2. The number of rotatable bonds is 9. The second kappa shape index (κ2) is 8.83. The van der Waals surface area contributed by atoms with Crippen LogP contribution in [-0.2, 0) is 0 Å². The number of hydrogen-bond acceptors (Lipinski definition) is 3. The molecule has 0 saturated carbocycles. The molecule has 0 atom stereocenters. The van der Waals surface area contributed by atoms with Gasteiger partial charge in [-0.15, -0.1) is 34.4 Å². The van der Waals surface area contributed by atoms with E-state index in [0.717, 1.165) is 0 Å². The molecule has 2 rings (SSSR count). The second-order valence-electron chi connectivity index (χ2n) is 4.71. The normalized spacial score (nSPS) is 11.0. The monoisotopic (exact) mass is 310 g/mol. The van der Waals surface area contributed by atoms with Crippen LogP contribution in [0.25, 0.3) is 9.75 Å². The van der Waals surface area contributed by atoms with Gasteiger partial charge in [-0.1, -0.05) is 45.1 Å². The molecule has 0 saturated heterocycles. The minimum atomic E-state index is 1.27. The quantitative estimate of drug-likeness (QED) is 0.357. The van der Waals surface area contributed by atoms with Crippen LogP contribution in [0, 0.1) is 0 Å². The molecule has 19 heavy (non-hydrogen) atoms. The van der Waals surface area contributed by atoms with Crippen molar-refractivity contribution in [2.45, 2.75) is 50.3 Å². The Morgan fingerprint density at radius 3 is 2.58 bits per heavy atom. The molecule has 0 N–H and O–H groups in total. The van der Waals surface area contributed by atoms with Gasteiger partial charge in [-0.2, -0.15) is 0 Å². The summed E-state index contributed by atoms with van der Waals surface area (Å²) in [6, 6.07) is 6.65. The van der Waals surface area contributed by atoms with Crippen molar-refractivity contribution in [2.75, 3.05) is 5.75 Å². The van der Waals surface area contributed by atoms with Crippen LogP contribution in [-0.4, -0.2) is 5.75 Å². The van der Waals surface area contributed by atoms with Crippen molar-refractivity contribution in [2.24, 2.45) is 0 Å². The Bertz CT molecular complexity index is 442. The van der Waals surface area contributed by atoms with Gasteiger partial charge in [0.2, 0.25) is 0 Å². The van der Waals surface area contributed by atoms with Gasteiger partial charge in [-0.05, 0) is 35.1 Å². The smallest absolute Gasteiger partial charge is 0.0578 e. The third-order valence-electron chi connectivity index (χ3n) is 3.13. The molecule has 0 aliphatic heterocycles. The van der Waals surface area contributed by atoms with Crippen molar-refractivity contribution in [1.82, 2.24) is 0 Å². The average molecular weight is 311 g/mol. The zero-order chi connectivity index (χ0) is 13.3. The van der Waals surface area contributed by atoms with E-state index in [1.807, 2.05) is 34.4 Å². The van der Waals surface area contributed by atoms with Crippen molar-refractivity contribution in [3.05, 3.63) is 29.0 Å². The van der Waals surface area contributed by atoms with E-state index in [1.54, 1.807) is 0 Å². The van der Waals surface area contributed by atoms with Crippen molar-refractivity contribution in [3.8, 4) is 9.75 Å². The largest absolute Gasteiger partial charge is 0.143 e. The fraction of sp³-hybridized carbons (Fsp3) is 0.500. The highest BCUT2D eigenvalue weighted by Crippen LogP contribution is 2.38. The Labute approximate surface area is 129 Å². The van der Waals surface area contributed by atoms with Gasteiger partial charge in [-0.3, -0.25) is 0 Å². The molecule has 2 aromatic heterocycles. The highest BCUT2D eigenvalue weighted by molar-refractivity contribution is 7.99. The van der Waals surface area contributed by atoms with Crippen molar-refractivity contribution in [1.29, 1.82) is 0 Å².